The summed E-state index contributed by atoms with van der Waals surface area (Å²) in [5.41, 5.74) is 1.11. The number of hydrogen-bond acceptors (Lipinski definition) is 4. The van der Waals surface area contributed by atoms with Gasteiger partial charge in [-0.25, -0.2) is 0 Å². The number of fused-ring (bicyclic) bond motifs is 2. The van der Waals surface area contributed by atoms with E-state index in [-0.39, 0.29) is 22.2 Å². The molecule has 5 aliphatic rings. The molecule has 4 heteroatoms. The molecule has 1 aromatic rings. The Labute approximate surface area is 198 Å². The molecule has 0 unspecified atom stereocenters. The quantitative estimate of drug-likeness (QED) is 0.560. The molecule has 4 fully saturated rings. The Morgan fingerprint density at radius 3 is 2.55 bits per heavy atom. The lowest BCUT2D eigenvalue weighted by Gasteiger charge is -2.56. The van der Waals surface area contributed by atoms with Crippen LogP contribution in [-0.2, 0) is 17.6 Å². The fourth-order valence-corrected chi connectivity index (χ4v) is 10.4. The van der Waals surface area contributed by atoms with Crippen LogP contribution in [0, 0.1) is 39.9 Å². The van der Waals surface area contributed by atoms with E-state index in [1.54, 1.807) is 13.2 Å². The number of benzene rings is 1. The van der Waals surface area contributed by atoms with Gasteiger partial charge in [0.05, 0.1) is 11.7 Å². The zero-order valence-electron chi connectivity index (χ0n) is 20.6. The maximum absolute atomic E-state index is 12.3. The topological polar surface area (TPSA) is 69.9 Å². The predicted octanol–water partition coefficient (Wildman–Crippen LogP) is 5.56. The summed E-state index contributed by atoms with van der Waals surface area (Å²) in [5.74, 6) is 2.05. The summed E-state index contributed by atoms with van der Waals surface area (Å²) in [4.78, 5) is 0. The predicted molar refractivity (Wildman–Crippen MR) is 128 cm³/mol. The average Bonchev–Trinajstić information content (AvgIpc) is 3.41. The third-order valence-electron chi connectivity index (χ3n) is 11.9. The first-order valence-electron chi connectivity index (χ1n) is 13.1. The molecule has 33 heavy (non-hydrogen) atoms. The van der Waals surface area contributed by atoms with E-state index in [2.05, 4.69) is 32.9 Å². The minimum atomic E-state index is -1.02. The van der Waals surface area contributed by atoms with Gasteiger partial charge in [0.25, 0.3) is 0 Å². The van der Waals surface area contributed by atoms with E-state index in [0.29, 0.717) is 29.3 Å². The van der Waals surface area contributed by atoms with Crippen LogP contribution in [0.25, 0.3) is 0 Å². The van der Waals surface area contributed by atoms with E-state index in [1.165, 1.54) is 31.2 Å². The number of phenols is 1. The summed E-state index contributed by atoms with van der Waals surface area (Å²) in [6.45, 7) is 6.89. The van der Waals surface area contributed by atoms with E-state index in [4.69, 9.17) is 4.74 Å². The second-order valence-electron chi connectivity index (χ2n) is 12.5. The number of methoxy groups -OCH3 is 1. The summed E-state index contributed by atoms with van der Waals surface area (Å²) >= 11 is 0. The van der Waals surface area contributed by atoms with Crippen LogP contribution in [0.1, 0.15) is 70.4 Å². The highest BCUT2D eigenvalue weighted by Crippen LogP contribution is 2.86. The van der Waals surface area contributed by atoms with Crippen molar-refractivity contribution < 1.29 is 20.1 Å². The van der Waals surface area contributed by atoms with Crippen molar-refractivity contribution in [2.24, 2.45) is 39.9 Å². The van der Waals surface area contributed by atoms with Gasteiger partial charge in [0.2, 0.25) is 0 Å². The smallest absolute Gasteiger partial charge is 0.119 e. The first-order valence-corrected chi connectivity index (χ1v) is 13.1. The number of aryl methyl sites for hydroxylation is 1. The van der Waals surface area contributed by atoms with E-state index < -0.39 is 11.7 Å². The zero-order chi connectivity index (χ0) is 23.4. The van der Waals surface area contributed by atoms with Crippen molar-refractivity contribution in [2.45, 2.75) is 83.8 Å². The van der Waals surface area contributed by atoms with Crippen molar-refractivity contribution in [1.29, 1.82) is 0 Å². The minimum absolute atomic E-state index is 0.0236. The Kier molecular flexibility index (Phi) is 4.52. The maximum Gasteiger partial charge on any atom is 0.119 e. The van der Waals surface area contributed by atoms with Crippen molar-refractivity contribution in [3.05, 3.63) is 41.2 Å². The molecular formula is C29H40O4. The van der Waals surface area contributed by atoms with Crippen molar-refractivity contribution in [2.75, 3.05) is 7.11 Å². The highest BCUT2D eigenvalue weighted by Gasteiger charge is 2.86. The third kappa shape index (κ3) is 2.35. The molecule has 1 spiro atoms. The van der Waals surface area contributed by atoms with E-state index >= 15 is 0 Å². The number of phenolic OH excluding ortho intramolecular Hbond substituents is 1. The first-order chi connectivity index (χ1) is 15.6. The summed E-state index contributed by atoms with van der Waals surface area (Å²) in [6, 6.07) is 6.21. The van der Waals surface area contributed by atoms with Crippen molar-refractivity contribution in [3.8, 4) is 5.75 Å². The minimum Gasteiger partial charge on any atom is -0.512 e. The number of rotatable bonds is 4. The first kappa shape index (κ1) is 22.0. The monoisotopic (exact) mass is 452 g/mol. The number of aliphatic hydroxyl groups is 2. The van der Waals surface area contributed by atoms with Gasteiger partial charge in [-0.2, -0.15) is 0 Å². The Morgan fingerprint density at radius 2 is 1.85 bits per heavy atom. The van der Waals surface area contributed by atoms with Gasteiger partial charge >= 0.3 is 0 Å². The molecule has 3 N–H and O–H groups in total. The summed E-state index contributed by atoms with van der Waals surface area (Å²) in [5, 5.41) is 33.9. The molecule has 0 aromatic heterocycles. The molecule has 0 radical (unpaired) electrons. The lowest BCUT2D eigenvalue weighted by molar-refractivity contribution is -0.181. The molecule has 9 atom stereocenters. The van der Waals surface area contributed by atoms with Gasteiger partial charge in [-0.05, 0) is 103 Å². The largest absolute Gasteiger partial charge is 0.512 e. The third-order valence-corrected chi connectivity index (χ3v) is 11.9. The molecule has 0 heterocycles. The Balaban J connectivity index is 1.35. The molecule has 1 aromatic carbocycles. The van der Waals surface area contributed by atoms with Crippen LogP contribution in [0.15, 0.2) is 30.0 Å². The lowest BCUT2D eigenvalue weighted by Crippen LogP contribution is -2.59. The zero-order valence-corrected chi connectivity index (χ0v) is 20.6. The SMILES string of the molecule is CCc1ccc(C[C@H]2CC[C@@]3(CC[C@H]4C[C@]5(C)[C@@]6(O)[C@H](OC)C=C(O)[C@H]6[C@H]4[C@]35C)C2)c(O)c1. The second-order valence-corrected chi connectivity index (χ2v) is 12.5. The molecule has 4 saturated carbocycles. The molecule has 6 rings (SSSR count). The van der Waals surface area contributed by atoms with Gasteiger partial charge in [-0.3, -0.25) is 0 Å². The number of ether oxygens (including phenoxy) is 1. The Bertz CT molecular complexity index is 1020. The molecule has 4 nitrogen and oxygen atoms in total. The van der Waals surface area contributed by atoms with Crippen molar-refractivity contribution in [3.63, 3.8) is 0 Å². The van der Waals surface area contributed by atoms with Crippen LogP contribution >= 0.6 is 0 Å². The van der Waals surface area contributed by atoms with E-state index in [9.17, 15) is 15.3 Å². The summed E-state index contributed by atoms with van der Waals surface area (Å²) in [7, 11) is 1.66. The number of aliphatic hydroxyl groups excluding tert-OH is 1. The van der Waals surface area contributed by atoms with E-state index in [1.807, 2.05) is 6.07 Å². The standard InChI is InChI=1S/C29H40O4/c1-5-17-6-7-19(21(30)13-17)12-18-8-10-28(15-18)11-9-20-16-26(2)27(28,3)24(20)25-22(31)14-23(33-4)29(25,26)32/h6-7,13-14,18,20,23-25,30-32H,5,8-12,15-16H2,1-4H3/t18-,20+,23-,24+,25+,26+,27+,28-,29-/m1/s1. The molecule has 5 aliphatic carbocycles. The van der Waals surface area contributed by atoms with Crippen LogP contribution in [0.4, 0.5) is 0 Å². The molecule has 180 valence electrons. The highest BCUT2D eigenvalue weighted by atomic mass is 16.5. The molecule has 0 aliphatic heterocycles. The number of aromatic hydroxyl groups is 1. The van der Waals surface area contributed by atoms with Crippen LogP contribution in [0.5, 0.6) is 5.75 Å². The van der Waals surface area contributed by atoms with Crippen LogP contribution < -0.4 is 0 Å². The summed E-state index contributed by atoms with van der Waals surface area (Å²) < 4.78 is 5.78. The fraction of sp³-hybridized carbons (Fsp3) is 0.724. The van der Waals surface area contributed by atoms with Gasteiger partial charge in [-0.1, -0.05) is 32.9 Å². The maximum atomic E-state index is 12.3. The highest BCUT2D eigenvalue weighted by molar-refractivity contribution is 5.41. The normalized spacial score (nSPS) is 49.6. The fourth-order valence-electron chi connectivity index (χ4n) is 10.4. The van der Waals surface area contributed by atoms with Crippen LogP contribution in [-0.4, -0.2) is 34.1 Å². The summed E-state index contributed by atoms with van der Waals surface area (Å²) in [6.07, 6.45) is 10.2. The molecular weight excluding hydrogens is 412 g/mol. The van der Waals surface area contributed by atoms with Gasteiger partial charge in [0, 0.05) is 12.5 Å². The van der Waals surface area contributed by atoms with Gasteiger partial charge in [-0.15, -0.1) is 0 Å². The van der Waals surface area contributed by atoms with Gasteiger partial charge in [0.1, 0.15) is 17.5 Å². The molecule has 0 amide bonds. The molecule has 0 saturated heterocycles. The average molecular weight is 453 g/mol. The Morgan fingerprint density at radius 1 is 1.09 bits per heavy atom. The lowest BCUT2D eigenvalue weighted by atomic mass is 9.48. The van der Waals surface area contributed by atoms with Gasteiger partial charge < -0.3 is 20.1 Å². The van der Waals surface area contributed by atoms with Crippen LogP contribution in [0.3, 0.4) is 0 Å². The van der Waals surface area contributed by atoms with Crippen LogP contribution in [0.2, 0.25) is 0 Å². The van der Waals surface area contributed by atoms with E-state index in [0.717, 1.165) is 31.2 Å². The Hall–Kier alpha value is -1.52. The van der Waals surface area contributed by atoms with Crippen molar-refractivity contribution in [1.82, 2.24) is 0 Å². The number of hydrogen-bond donors (Lipinski definition) is 3. The van der Waals surface area contributed by atoms with Crippen molar-refractivity contribution >= 4 is 0 Å². The van der Waals surface area contributed by atoms with Gasteiger partial charge in [0.15, 0.2) is 0 Å². The molecule has 4 bridgehead atoms. The second kappa shape index (κ2) is 6.79.